The smallest absolute Gasteiger partial charge is 0.338 e. The number of carbonyl (C=O) groups is 3. The largest absolute Gasteiger partial charge is 0.462 e. The highest BCUT2D eigenvalue weighted by Gasteiger charge is 2.35. The molecule has 174 valence electrons. The lowest BCUT2D eigenvalue weighted by molar-refractivity contribution is -0.123. The number of esters is 1. The highest BCUT2D eigenvalue weighted by Crippen LogP contribution is 2.34. The first-order chi connectivity index (χ1) is 16.3. The Bertz CT molecular complexity index is 1310. The predicted octanol–water partition coefficient (Wildman–Crippen LogP) is 5.65. The van der Waals surface area contributed by atoms with Crippen molar-refractivity contribution in [3.63, 3.8) is 0 Å². The van der Waals surface area contributed by atoms with Crippen molar-refractivity contribution in [3.05, 3.63) is 93.4 Å². The third-order valence-electron chi connectivity index (χ3n) is 5.50. The van der Waals surface area contributed by atoms with E-state index in [9.17, 15) is 18.8 Å². The lowest BCUT2D eigenvalue weighted by Gasteiger charge is -2.12. The number of rotatable bonds is 6. The van der Waals surface area contributed by atoms with E-state index in [-0.39, 0.29) is 29.5 Å². The number of halogens is 1. The number of thioether (sulfide) groups is 1. The van der Waals surface area contributed by atoms with Gasteiger partial charge < -0.3 is 9.30 Å². The van der Waals surface area contributed by atoms with E-state index in [1.165, 1.54) is 12.1 Å². The fourth-order valence-corrected chi connectivity index (χ4v) is 4.70. The molecule has 0 spiro atoms. The molecule has 0 aliphatic carbocycles. The summed E-state index contributed by atoms with van der Waals surface area (Å²) in [6, 6.07) is 14.8. The van der Waals surface area contributed by atoms with Crippen LogP contribution in [0.5, 0.6) is 0 Å². The Labute approximate surface area is 201 Å². The summed E-state index contributed by atoms with van der Waals surface area (Å²) in [7, 11) is 0. The van der Waals surface area contributed by atoms with Crippen LogP contribution in [0.15, 0.2) is 59.5 Å². The Hall–Kier alpha value is -3.65. The van der Waals surface area contributed by atoms with Crippen molar-refractivity contribution in [1.82, 2.24) is 9.47 Å². The molecular weight excluding hydrogens is 455 g/mol. The highest BCUT2D eigenvalue weighted by atomic mass is 32.2. The Morgan fingerprint density at radius 1 is 1.09 bits per heavy atom. The summed E-state index contributed by atoms with van der Waals surface area (Å²) < 4.78 is 20.2. The highest BCUT2D eigenvalue weighted by molar-refractivity contribution is 8.18. The number of imide groups is 1. The van der Waals surface area contributed by atoms with E-state index in [2.05, 4.69) is 0 Å². The summed E-state index contributed by atoms with van der Waals surface area (Å²) in [6.07, 6.45) is 1.71. The Balaban J connectivity index is 1.61. The lowest BCUT2D eigenvalue weighted by atomic mass is 10.2. The molecule has 1 fully saturated rings. The van der Waals surface area contributed by atoms with Gasteiger partial charge in [-0.25, -0.2) is 9.18 Å². The van der Waals surface area contributed by atoms with Gasteiger partial charge in [-0.3, -0.25) is 14.5 Å². The number of aromatic nitrogens is 1. The summed E-state index contributed by atoms with van der Waals surface area (Å²) in [5.74, 6) is -1.14. The molecule has 34 heavy (non-hydrogen) atoms. The quantitative estimate of drug-likeness (QED) is 0.338. The zero-order valence-corrected chi connectivity index (χ0v) is 19.8. The minimum Gasteiger partial charge on any atom is -0.462 e. The van der Waals surface area contributed by atoms with E-state index in [0.717, 1.165) is 39.3 Å². The number of ether oxygens (including phenoxy) is 1. The van der Waals surface area contributed by atoms with E-state index < -0.39 is 0 Å². The summed E-state index contributed by atoms with van der Waals surface area (Å²) in [4.78, 5) is 39.1. The van der Waals surface area contributed by atoms with Gasteiger partial charge in [0.2, 0.25) is 0 Å². The van der Waals surface area contributed by atoms with Gasteiger partial charge in [0.1, 0.15) is 5.82 Å². The van der Waals surface area contributed by atoms with Crippen LogP contribution in [0.3, 0.4) is 0 Å². The topological polar surface area (TPSA) is 68.6 Å². The van der Waals surface area contributed by atoms with E-state index in [0.29, 0.717) is 22.6 Å². The number of hydrogen-bond donors (Lipinski definition) is 0. The third kappa shape index (κ3) is 4.68. The second kappa shape index (κ2) is 9.69. The first-order valence-electron chi connectivity index (χ1n) is 10.7. The van der Waals surface area contributed by atoms with Gasteiger partial charge in [-0.1, -0.05) is 18.2 Å². The number of carbonyl (C=O) groups excluding carboxylic acids is 3. The molecule has 0 unspecified atom stereocenters. The fourth-order valence-electron chi connectivity index (χ4n) is 3.87. The maximum atomic E-state index is 13.2. The van der Waals surface area contributed by atoms with Crippen molar-refractivity contribution in [3.8, 4) is 5.69 Å². The van der Waals surface area contributed by atoms with Crippen LogP contribution in [0.2, 0.25) is 0 Å². The van der Waals surface area contributed by atoms with Gasteiger partial charge in [-0.15, -0.1) is 0 Å². The van der Waals surface area contributed by atoms with Gasteiger partial charge in [0.05, 0.1) is 23.6 Å². The zero-order valence-electron chi connectivity index (χ0n) is 19.0. The van der Waals surface area contributed by atoms with E-state index in [1.807, 2.05) is 30.5 Å². The average molecular weight is 479 g/mol. The van der Waals surface area contributed by atoms with Crippen molar-refractivity contribution in [2.45, 2.75) is 27.3 Å². The molecule has 0 atom stereocenters. The van der Waals surface area contributed by atoms with Gasteiger partial charge in [0, 0.05) is 17.1 Å². The van der Waals surface area contributed by atoms with Crippen LogP contribution in [0.25, 0.3) is 11.8 Å². The normalized spacial score (nSPS) is 14.8. The molecule has 4 rings (SSSR count). The van der Waals surface area contributed by atoms with Crippen LogP contribution in [0.4, 0.5) is 9.18 Å². The number of aryl methyl sites for hydroxylation is 1. The van der Waals surface area contributed by atoms with E-state index in [4.69, 9.17) is 4.74 Å². The SMILES string of the molecule is CCOC(=O)c1cccc(-n2c(C)cc(/C=C3\SC(=O)N(Cc4ccc(F)cc4)C3=O)c2C)c1. The van der Waals surface area contributed by atoms with Crippen molar-refractivity contribution in [2.24, 2.45) is 0 Å². The number of nitrogens with zero attached hydrogens (tertiary/aromatic N) is 2. The second-order valence-electron chi connectivity index (χ2n) is 7.83. The molecule has 2 heterocycles. The first-order valence-corrected chi connectivity index (χ1v) is 11.6. The fraction of sp³-hybridized carbons (Fsp3) is 0.192. The first kappa shape index (κ1) is 23.5. The maximum absolute atomic E-state index is 13.2. The van der Waals surface area contributed by atoms with Crippen LogP contribution in [-0.4, -0.2) is 33.2 Å². The van der Waals surface area contributed by atoms with Gasteiger partial charge in [-0.2, -0.15) is 0 Å². The van der Waals surface area contributed by atoms with Crippen LogP contribution >= 0.6 is 11.8 Å². The average Bonchev–Trinajstić information content (AvgIpc) is 3.24. The summed E-state index contributed by atoms with van der Waals surface area (Å²) in [5.41, 5.74) is 4.50. The van der Waals surface area contributed by atoms with Gasteiger partial charge in [0.15, 0.2) is 0 Å². The van der Waals surface area contributed by atoms with Crippen LogP contribution in [-0.2, 0) is 16.1 Å². The summed E-state index contributed by atoms with van der Waals surface area (Å²) in [6.45, 7) is 5.99. The van der Waals surface area contributed by atoms with Gasteiger partial charge in [-0.05, 0) is 86.1 Å². The van der Waals surface area contributed by atoms with Crippen molar-refractivity contribution >= 4 is 35.0 Å². The molecule has 0 N–H and O–H groups in total. The number of hydrogen-bond acceptors (Lipinski definition) is 5. The maximum Gasteiger partial charge on any atom is 0.338 e. The number of amides is 2. The number of benzene rings is 2. The monoisotopic (exact) mass is 478 g/mol. The molecule has 0 bridgehead atoms. The molecule has 1 aliphatic rings. The summed E-state index contributed by atoms with van der Waals surface area (Å²) in [5, 5.41) is -0.364. The van der Waals surface area contributed by atoms with Crippen molar-refractivity contribution < 1.29 is 23.5 Å². The Morgan fingerprint density at radius 3 is 2.53 bits per heavy atom. The molecule has 3 aromatic rings. The molecule has 6 nitrogen and oxygen atoms in total. The van der Waals surface area contributed by atoms with Crippen LogP contribution in [0.1, 0.15) is 39.8 Å². The molecule has 8 heteroatoms. The van der Waals surface area contributed by atoms with E-state index in [1.54, 1.807) is 43.3 Å². The molecule has 1 saturated heterocycles. The predicted molar refractivity (Wildman–Crippen MR) is 129 cm³/mol. The van der Waals surface area contributed by atoms with Gasteiger partial charge >= 0.3 is 5.97 Å². The Kier molecular flexibility index (Phi) is 6.70. The van der Waals surface area contributed by atoms with Crippen LogP contribution in [0, 0.1) is 19.7 Å². The molecule has 2 aromatic carbocycles. The van der Waals surface area contributed by atoms with Crippen LogP contribution < -0.4 is 0 Å². The zero-order chi connectivity index (χ0) is 24.4. The van der Waals surface area contributed by atoms with Crippen molar-refractivity contribution in [2.75, 3.05) is 6.61 Å². The van der Waals surface area contributed by atoms with E-state index >= 15 is 0 Å². The molecule has 1 aromatic heterocycles. The molecule has 1 aliphatic heterocycles. The minimum atomic E-state index is -0.387. The third-order valence-corrected chi connectivity index (χ3v) is 6.41. The van der Waals surface area contributed by atoms with Gasteiger partial charge in [0.25, 0.3) is 11.1 Å². The Morgan fingerprint density at radius 2 is 1.82 bits per heavy atom. The molecule has 2 amide bonds. The molecule has 0 saturated carbocycles. The molecular formula is C26H23FN2O4S. The lowest BCUT2D eigenvalue weighted by Crippen LogP contribution is -2.27. The standard InChI is InChI=1S/C26H23FN2O4S/c1-4-33-25(31)19-6-5-7-22(13-19)29-16(2)12-20(17(29)3)14-23-24(30)28(26(32)34-23)15-18-8-10-21(27)11-9-18/h5-14H,4,15H2,1-3H3/b23-14-. The second-order valence-corrected chi connectivity index (χ2v) is 8.82. The minimum absolute atomic E-state index is 0.0853. The molecule has 0 radical (unpaired) electrons. The van der Waals surface area contributed by atoms with Crippen molar-refractivity contribution in [1.29, 1.82) is 0 Å². The summed E-state index contributed by atoms with van der Waals surface area (Å²) >= 11 is 0.885.